The Hall–Kier alpha value is -5.04. The molecule has 2 amide bonds. The molecule has 0 spiro atoms. The van der Waals surface area contributed by atoms with E-state index in [9.17, 15) is 24.5 Å². The molecule has 1 aliphatic rings. The van der Waals surface area contributed by atoms with Gasteiger partial charge in [0.1, 0.15) is 5.75 Å². The highest BCUT2D eigenvalue weighted by atomic mass is 35.5. The van der Waals surface area contributed by atoms with Crippen molar-refractivity contribution in [1.29, 1.82) is 0 Å². The molecular formula is C32H25Cl2N5O6S. The second-order valence-electron chi connectivity index (χ2n) is 9.99. The number of nitrogens with one attached hydrogen (secondary N) is 2. The molecule has 0 fully saturated rings. The summed E-state index contributed by atoms with van der Waals surface area (Å²) in [5, 5.41) is 18.8. The largest absolute Gasteiger partial charge is 0.497 e. The van der Waals surface area contributed by atoms with Gasteiger partial charge < -0.3 is 24.7 Å². The number of urea groups is 1. The molecule has 2 heterocycles. The number of benzene rings is 3. The highest BCUT2D eigenvalue weighted by Crippen LogP contribution is 2.41. The minimum Gasteiger partial charge on any atom is -0.497 e. The summed E-state index contributed by atoms with van der Waals surface area (Å²) in [5.41, 5.74) is 4.02. The van der Waals surface area contributed by atoms with E-state index in [0.717, 1.165) is 39.1 Å². The van der Waals surface area contributed by atoms with Crippen molar-refractivity contribution in [2.45, 2.75) is 13.0 Å². The first kappa shape index (κ1) is 32.4. The minimum atomic E-state index is -0.614. The van der Waals surface area contributed by atoms with E-state index >= 15 is 0 Å². The molecule has 2 N–H and O–H groups in total. The summed E-state index contributed by atoms with van der Waals surface area (Å²) in [6.07, 6.45) is 1.76. The zero-order valence-corrected chi connectivity index (χ0v) is 26.7. The molecule has 46 heavy (non-hydrogen) atoms. The average molecular weight is 679 g/mol. The number of nitro groups is 1. The van der Waals surface area contributed by atoms with Gasteiger partial charge in [-0.15, -0.1) is 0 Å². The number of rotatable bonds is 7. The molecule has 0 atom stereocenters. The number of anilines is 1. The van der Waals surface area contributed by atoms with E-state index in [1.165, 1.54) is 5.38 Å². The van der Waals surface area contributed by atoms with Crippen LogP contribution in [0.5, 0.6) is 5.75 Å². The third-order valence-electron chi connectivity index (χ3n) is 7.01. The summed E-state index contributed by atoms with van der Waals surface area (Å²) < 4.78 is 6.99. The van der Waals surface area contributed by atoms with Crippen molar-refractivity contribution in [3.8, 4) is 5.75 Å². The van der Waals surface area contributed by atoms with Crippen molar-refractivity contribution in [2.24, 2.45) is 7.05 Å². The lowest BCUT2D eigenvalue weighted by Gasteiger charge is -2.08. The number of hydrogen-bond donors (Lipinski definition) is 2. The van der Waals surface area contributed by atoms with Crippen molar-refractivity contribution in [3.05, 3.63) is 115 Å². The summed E-state index contributed by atoms with van der Waals surface area (Å²) in [6, 6.07) is 19.5. The topological polar surface area (TPSA) is 145 Å². The Morgan fingerprint density at radius 1 is 1.04 bits per heavy atom. The maximum Gasteiger partial charge on any atom is 0.376 e. The lowest BCUT2D eigenvalue weighted by molar-refractivity contribution is -0.389. The van der Waals surface area contributed by atoms with Gasteiger partial charge in [0.05, 0.1) is 23.9 Å². The number of aromatic nitrogens is 2. The van der Waals surface area contributed by atoms with Gasteiger partial charge in [-0.1, -0.05) is 70.9 Å². The van der Waals surface area contributed by atoms with E-state index in [2.05, 4.69) is 15.6 Å². The molecule has 2 aromatic heterocycles. The van der Waals surface area contributed by atoms with Gasteiger partial charge in [0, 0.05) is 58.0 Å². The molecule has 0 unspecified atom stereocenters. The fourth-order valence-corrected chi connectivity index (χ4v) is 6.03. The van der Waals surface area contributed by atoms with Crippen LogP contribution in [0, 0.1) is 10.1 Å². The molecule has 11 nitrogen and oxygen atoms in total. The van der Waals surface area contributed by atoms with Crippen molar-refractivity contribution in [3.63, 3.8) is 0 Å². The predicted octanol–water partition coefficient (Wildman–Crippen LogP) is 7.32. The Bertz CT molecular complexity index is 2020. The zero-order valence-electron chi connectivity index (χ0n) is 24.4. The summed E-state index contributed by atoms with van der Waals surface area (Å²) in [5.74, 6) is 0.0586. The molecule has 3 aromatic carbocycles. The SMILES string of the molecule is COc1ccc(CNC(=O)Nc2nc([N+](=O)[O-])cs2)cc1.Cn1cc(C2=C(c3ccc(Cl)cc3Cl)C(=O)CC2=O)c2ccccc21. The standard InChI is InChI=1S/C20H13Cl2NO2.C12H12N4O4S/c1-23-10-14(12-4-2-3-5-16(12)23)20-18(25)9-17(24)19(20)13-7-6-11(21)8-15(13)22;1-20-9-4-2-8(3-5-9)6-13-11(17)15-12-14-10(7-21-12)16(18)19/h2-8,10H,9H2,1H3;2-5,7H,6H2,1H3,(H2,13,14,15,17). The molecule has 0 saturated heterocycles. The van der Waals surface area contributed by atoms with E-state index in [1.54, 1.807) is 37.4 Å². The first-order chi connectivity index (χ1) is 22.0. The smallest absolute Gasteiger partial charge is 0.376 e. The zero-order chi connectivity index (χ0) is 33.0. The third-order valence-corrected chi connectivity index (χ3v) is 8.30. The van der Waals surface area contributed by atoms with Gasteiger partial charge in [-0.2, -0.15) is 0 Å². The van der Waals surface area contributed by atoms with Crippen LogP contribution in [0.3, 0.4) is 0 Å². The number of carbonyl (C=O) groups is 3. The molecule has 0 saturated carbocycles. The third kappa shape index (κ3) is 7.09. The maximum absolute atomic E-state index is 12.6. The lowest BCUT2D eigenvalue weighted by Crippen LogP contribution is -2.28. The van der Waals surface area contributed by atoms with Gasteiger partial charge in [-0.3, -0.25) is 14.9 Å². The van der Waals surface area contributed by atoms with Gasteiger partial charge in [-0.05, 0) is 45.8 Å². The van der Waals surface area contributed by atoms with Crippen LogP contribution in [-0.2, 0) is 23.2 Å². The number of nitrogens with zero attached hydrogens (tertiary/aromatic N) is 3. The summed E-state index contributed by atoms with van der Waals surface area (Å²) in [7, 11) is 3.50. The highest BCUT2D eigenvalue weighted by Gasteiger charge is 2.34. The number of ether oxygens (including phenoxy) is 1. The van der Waals surface area contributed by atoms with E-state index in [4.69, 9.17) is 27.9 Å². The lowest BCUT2D eigenvalue weighted by atomic mass is 9.96. The molecular weight excluding hydrogens is 653 g/mol. The van der Waals surface area contributed by atoms with Crippen LogP contribution in [0.2, 0.25) is 10.0 Å². The summed E-state index contributed by atoms with van der Waals surface area (Å²) in [6.45, 7) is 0.323. The fraction of sp³-hybridized carbons (Fsp3) is 0.125. The predicted molar refractivity (Wildman–Crippen MR) is 178 cm³/mol. The van der Waals surface area contributed by atoms with Crippen molar-refractivity contribution in [1.82, 2.24) is 14.9 Å². The summed E-state index contributed by atoms with van der Waals surface area (Å²) in [4.78, 5) is 50.4. The normalized spacial score (nSPS) is 12.6. The fourth-order valence-electron chi connectivity index (χ4n) is 4.88. The number of carbonyl (C=O) groups excluding carboxylic acids is 3. The number of fused-ring (bicyclic) bond motifs is 1. The molecule has 1 aliphatic carbocycles. The van der Waals surface area contributed by atoms with Crippen molar-refractivity contribution < 1.29 is 24.0 Å². The van der Waals surface area contributed by atoms with Crippen molar-refractivity contribution in [2.75, 3.05) is 12.4 Å². The first-order valence-electron chi connectivity index (χ1n) is 13.6. The van der Waals surface area contributed by atoms with E-state index in [0.29, 0.717) is 33.3 Å². The van der Waals surface area contributed by atoms with Crippen LogP contribution in [-0.4, -0.2) is 39.2 Å². The number of Topliss-reactive ketones (excluding diaryl/α,β-unsaturated/α-hetero) is 2. The van der Waals surface area contributed by atoms with Crippen LogP contribution in [0.15, 0.2) is 78.3 Å². The number of thiazole rings is 1. The van der Waals surface area contributed by atoms with Gasteiger partial charge in [0.25, 0.3) is 0 Å². The number of aryl methyl sites for hydroxylation is 1. The monoisotopic (exact) mass is 677 g/mol. The molecule has 14 heteroatoms. The van der Waals surface area contributed by atoms with Crippen molar-refractivity contribution >= 4 is 85.1 Å². The van der Waals surface area contributed by atoms with Crippen LogP contribution >= 0.6 is 34.5 Å². The quantitative estimate of drug-likeness (QED) is 0.104. The maximum atomic E-state index is 12.6. The number of allylic oxidation sites excluding steroid dienone is 2. The Balaban J connectivity index is 0.000000184. The second-order valence-corrected chi connectivity index (χ2v) is 11.7. The Morgan fingerprint density at radius 2 is 1.74 bits per heavy atom. The van der Waals surface area contributed by atoms with Crippen LogP contribution in [0.1, 0.15) is 23.1 Å². The van der Waals surface area contributed by atoms with Gasteiger partial charge in [0.2, 0.25) is 0 Å². The Kier molecular flexibility index (Phi) is 9.81. The highest BCUT2D eigenvalue weighted by molar-refractivity contribution is 7.14. The summed E-state index contributed by atoms with van der Waals surface area (Å²) >= 11 is 13.3. The molecule has 6 rings (SSSR count). The number of hydrogen-bond acceptors (Lipinski definition) is 8. The molecule has 234 valence electrons. The van der Waals surface area contributed by atoms with Crippen LogP contribution in [0.25, 0.3) is 22.0 Å². The molecule has 0 radical (unpaired) electrons. The molecule has 0 aliphatic heterocycles. The van der Waals surface area contributed by atoms with Crippen LogP contribution in [0.4, 0.5) is 15.7 Å². The van der Waals surface area contributed by atoms with E-state index < -0.39 is 11.0 Å². The average Bonchev–Trinajstić information content (AvgIpc) is 3.72. The van der Waals surface area contributed by atoms with Gasteiger partial charge >= 0.3 is 17.0 Å². The van der Waals surface area contributed by atoms with Crippen LogP contribution < -0.4 is 15.4 Å². The molecule has 0 bridgehead atoms. The number of methoxy groups -OCH3 is 1. The Labute approximate surface area is 276 Å². The number of amides is 2. The first-order valence-corrected chi connectivity index (χ1v) is 15.3. The minimum absolute atomic E-state index is 0.132. The number of halogens is 2. The number of para-hydroxylation sites is 1. The van der Waals surface area contributed by atoms with E-state index in [1.807, 2.05) is 54.2 Å². The van der Waals surface area contributed by atoms with E-state index in [-0.39, 0.29) is 28.9 Å². The van der Waals surface area contributed by atoms with Gasteiger partial charge in [-0.25, -0.2) is 4.79 Å². The number of ketones is 2. The second kappa shape index (κ2) is 13.9. The van der Waals surface area contributed by atoms with Gasteiger partial charge in [0.15, 0.2) is 11.6 Å². The Morgan fingerprint density at radius 3 is 2.39 bits per heavy atom. The molecule has 5 aromatic rings.